The topological polar surface area (TPSA) is 192 Å². The first-order valence-electron chi connectivity index (χ1n) is 26.8. The quantitative estimate of drug-likeness (QED) is 0.0643. The molecule has 3 atom stereocenters. The smallest absolute Gasteiger partial charge is 0.147 e. The van der Waals surface area contributed by atoms with E-state index in [2.05, 4.69) is 58.6 Å². The van der Waals surface area contributed by atoms with Crippen molar-refractivity contribution in [2.75, 3.05) is 102 Å². The van der Waals surface area contributed by atoms with E-state index in [0.717, 1.165) is 61.7 Å². The fraction of sp³-hybridized carbons (Fsp3) is 0.500. The molecule has 410 valence electrons. The molecule has 3 unspecified atom stereocenters. The molecule has 2 fully saturated rings. The number of thioether (sulfide) groups is 1. The molecule has 5 aliphatic heterocycles. The average molecular weight is 1090 g/mol. The maximum absolute atomic E-state index is 14.8. The number of hydrogen-bond donors (Lipinski definition) is 0. The second-order valence-corrected chi connectivity index (χ2v) is 24.2. The van der Waals surface area contributed by atoms with Crippen molar-refractivity contribution in [3.63, 3.8) is 0 Å². The SMILES string of the molecule is C=C(C1=C(C(C#N)=CCC2(C)Cc3c(C#N)c(S(=O)CCc4cccc(CC5(C)Cc6c(C#N)c(SCc7ccccn7)nc(N7CCOCC7)c6CO5)c4)nc(N4CCOCC4)c3CO2)CC(C)(C)OC1)N(C)CCOC. The van der Waals surface area contributed by atoms with Crippen molar-refractivity contribution < 1.29 is 32.6 Å². The number of methoxy groups -OCH3 is 1. The zero-order chi connectivity index (χ0) is 55.0. The van der Waals surface area contributed by atoms with E-state index in [1.165, 1.54) is 11.8 Å². The molecule has 0 spiro atoms. The fourth-order valence-electron chi connectivity index (χ4n) is 11.0. The van der Waals surface area contributed by atoms with Gasteiger partial charge in [0.25, 0.3) is 0 Å². The largest absolute Gasteiger partial charge is 0.383 e. The summed E-state index contributed by atoms with van der Waals surface area (Å²) in [7, 11) is 1.98. The maximum Gasteiger partial charge on any atom is 0.147 e. The molecule has 0 saturated carbocycles. The first kappa shape index (κ1) is 56.7. The van der Waals surface area contributed by atoms with Gasteiger partial charge in [0.1, 0.15) is 33.8 Å². The van der Waals surface area contributed by atoms with Crippen LogP contribution in [-0.2, 0) is 83.9 Å². The van der Waals surface area contributed by atoms with Gasteiger partial charge in [-0.05, 0) is 80.5 Å². The van der Waals surface area contributed by atoms with Crippen LogP contribution in [0.1, 0.15) is 90.7 Å². The minimum atomic E-state index is -1.65. The lowest BCUT2D eigenvalue weighted by Crippen LogP contribution is -2.41. The van der Waals surface area contributed by atoms with Gasteiger partial charge in [-0.3, -0.25) is 9.19 Å². The molecule has 0 amide bonds. The summed E-state index contributed by atoms with van der Waals surface area (Å²) in [6.07, 6.45) is 6.62. The highest BCUT2D eigenvalue weighted by molar-refractivity contribution is 7.98. The van der Waals surface area contributed by atoms with Crippen LogP contribution in [0.4, 0.5) is 11.6 Å². The van der Waals surface area contributed by atoms with E-state index in [4.69, 9.17) is 38.4 Å². The Morgan fingerprint density at radius 2 is 1.47 bits per heavy atom. The second kappa shape index (κ2) is 25.0. The summed E-state index contributed by atoms with van der Waals surface area (Å²) >= 11 is 1.54. The molecule has 5 aliphatic rings. The molecule has 18 heteroatoms. The predicted molar refractivity (Wildman–Crippen MR) is 300 cm³/mol. The Kier molecular flexibility index (Phi) is 18.2. The number of allylic oxidation sites excluding steroid dienone is 1. The van der Waals surface area contributed by atoms with E-state index in [0.29, 0.717) is 151 Å². The summed E-state index contributed by atoms with van der Waals surface area (Å²) < 4.78 is 51.3. The van der Waals surface area contributed by atoms with Crippen LogP contribution in [0.25, 0.3) is 0 Å². The third kappa shape index (κ3) is 13.0. The van der Waals surface area contributed by atoms with E-state index < -0.39 is 27.6 Å². The van der Waals surface area contributed by atoms with Crippen LogP contribution < -0.4 is 9.80 Å². The van der Waals surface area contributed by atoms with Crippen molar-refractivity contribution in [2.45, 2.75) is 112 Å². The summed E-state index contributed by atoms with van der Waals surface area (Å²) in [6.45, 7) is 19.5. The summed E-state index contributed by atoms with van der Waals surface area (Å²) in [5, 5.41) is 33.4. The number of nitriles is 3. The number of pyridine rings is 3. The van der Waals surface area contributed by atoms with Crippen molar-refractivity contribution in [1.82, 2.24) is 19.9 Å². The van der Waals surface area contributed by atoms with Gasteiger partial charge in [0, 0.05) is 113 Å². The predicted octanol–water partition coefficient (Wildman–Crippen LogP) is 8.26. The van der Waals surface area contributed by atoms with Crippen molar-refractivity contribution in [3.8, 4) is 18.2 Å². The number of aromatic nitrogens is 3. The van der Waals surface area contributed by atoms with Crippen LogP contribution in [-0.4, -0.2) is 133 Å². The van der Waals surface area contributed by atoms with Gasteiger partial charge in [0.2, 0.25) is 0 Å². The van der Waals surface area contributed by atoms with Crippen molar-refractivity contribution in [3.05, 3.63) is 134 Å². The molecule has 0 radical (unpaired) electrons. The minimum absolute atomic E-state index is 0.204. The highest BCUT2D eigenvalue weighted by Gasteiger charge is 2.40. The zero-order valence-corrected chi connectivity index (χ0v) is 47.6. The van der Waals surface area contributed by atoms with Gasteiger partial charge < -0.3 is 43.1 Å². The second-order valence-electron chi connectivity index (χ2n) is 21.8. The molecule has 4 aromatic rings. The molecule has 16 nitrogen and oxygen atoms in total. The minimum Gasteiger partial charge on any atom is -0.383 e. The first-order valence-corrected chi connectivity index (χ1v) is 29.1. The molecule has 2 saturated heterocycles. The van der Waals surface area contributed by atoms with Crippen molar-refractivity contribution in [1.29, 1.82) is 15.8 Å². The number of aryl methyl sites for hydroxylation is 1. The highest BCUT2D eigenvalue weighted by Crippen LogP contribution is 2.43. The lowest BCUT2D eigenvalue weighted by Gasteiger charge is -2.39. The Hall–Kier alpha value is -5.98. The molecule has 1 aromatic carbocycles. The first-order chi connectivity index (χ1) is 37.6. The third-order valence-corrected chi connectivity index (χ3v) is 17.7. The molecule has 3 aromatic heterocycles. The fourth-order valence-corrected chi connectivity index (χ4v) is 13.1. The van der Waals surface area contributed by atoms with Crippen LogP contribution >= 0.6 is 11.8 Å². The standard InChI is InChI=1S/C60H71N9O7S2/c1-41(67(6)18-23-71-7)51-37-74-58(2,3)31-46(51)44(34-61)14-16-59(4)32-48-50(36-63)57(66-55(53(48)38-75-59)69-21-26-73-27-22-69)78(70)28-15-42-11-10-12-43(29-42)30-60(5)33-47-49(35-62)56(77-40-45-13-8-9-17-64-45)65-54(52(47)39-76-60)68-19-24-72-25-20-68/h8-14,17,29H,1,15-16,18-28,30-33,37-40H2,2-7H3. The van der Waals surface area contributed by atoms with Gasteiger partial charge >= 0.3 is 0 Å². The number of benzene rings is 1. The van der Waals surface area contributed by atoms with Crippen molar-refractivity contribution >= 4 is 34.2 Å². The molecular formula is C60H71N9O7S2. The van der Waals surface area contributed by atoms with Crippen LogP contribution in [0.15, 0.2) is 93.8 Å². The van der Waals surface area contributed by atoms with Crippen LogP contribution in [0.2, 0.25) is 0 Å². The molecule has 78 heavy (non-hydrogen) atoms. The normalized spacial score (nSPS) is 21.7. The summed E-state index contributed by atoms with van der Waals surface area (Å²) in [5.74, 6) is 2.37. The third-order valence-electron chi connectivity index (χ3n) is 15.4. The Morgan fingerprint density at radius 3 is 2.13 bits per heavy atom. The van der Waals surface area contributed by atoms with E-state index in [-0.39, 0.29) is 17.4 Å². The van der Waals surface area contributed by atoms with Crippen molar-refractivity contribution in [2.24, 2.45) is 0 Å². The van der Waals surface area contributed by atoms with Gasteiger partial charge in [-0.2, -0.15) is 15.8 Å². The Bertz CT molecular complexity index is 3100. The molecule has 9 rings (SSSR count). The maximum atomic E-state index is 14.8. The molecule has 8 heterocycles. The van der Waals surface area contributed by atoms with Crippen LogP contribution in [0.3, 0.4) is 0 Å². The molecule has 0 aliphatic carbocycles. The van der Waals surface area contributed by atoms with E-state index in [1.54, 1.807) is 13.3 Å². The van der Waals surface area contributed by atoms with Gasteiger partial charge in [-0.15, -0.1) is 0 Å². The molecular weight excluding hydrogens is 1020 g/mol. The number of anilines is 2. The van der Waals surface area contributed by atoms with Gasteiger partial charge in [-0.1, -0.05) is 54.7 Å². The summed E-state index contributed by atoms with van der Waals surface area (Å²) in [6, 6.07) is 21.6. The Labute approximate surface area is 466 Å². The van der Waals surface area contributed by atoms with Gasteiger partial charge in [0.05, 0.1) is 109 Å². The van der Waals surface area contributed by atoms with E-state index in [9.17, 15) is 20.0 Å². The number of morpholine rings is 2. The Balaban J connectivity index is 0.946. The summed E-state index contributed by atoms with van der Waals surface area (Å²) in [4.78, 5) is 21.2. The van der Waals surface area contributed by atoms with Gasteiger partial charge in [-0.25, -0.2) is 9.97 Å². The number of fused-ring (bicyclic) bond motifs is 2. The lowest BCUT2D eigenvalue weighted by atomic mass is 9.83. The molecule has 0 bridgehead atoms. The van der Waals surface area contributed by atoms with Crippen LogP contribution in [0, 0.1) is 34.0 Å². The highest BCUT2D eigenvalue weighted by atomic mass is 32.2. The Morgan fingerprint density at radius 1 is 0.821 bits per heavy atom. The van der Waals surface area contributed by atoms with Gasteiger partial charge in [0.15, 0.2) is 0 Å². The number of likely N-dealkylation sites (N-methyl/N-ethyl adjacent to an activating group) is 1. The molecule has 0 N–H and O–H groups in total. The zero-order valence-electron chi connectivity index (χ0n) is 46.0. The number of ether oxygens (including phenoxy) is 6. The lowest BCUT2D eigenvalue weighted by molar-refractivity contribution is -0.0537. The monoisotopic (exact) mass is 1090 g/mol. The number of hydrogen-bond acceptors (Lipinski definition) is 17. The van der Waals surface area contributed by atoms with E-state index >= 15 is 0 Å². The average Bonchev–Trinajstić information content (AvgIpc) is 3.47. The summed E-state index contributed by atoms with van der Waals surface area (Å²) in [5.41, 5.74) is 8.67. The number of rotatable bonds is 19. The number of nitrogens with zero attached hydrogens (tertiary/aromatic N) is 9. The van der Waals surface area contributed by atoms with Crippen LogP contribution in [0.5, 0.6) is 0 Å². The van der Waals surface area contributed by atoms with E-state index in [1.807, 2.05) is 69.1 Å².